The van der Waals surface area contributed by atoms with Crippen molar-refractivity contribution >= 4 is 5.84 Å². The van der Waals surface area contributed by atoms with Gasteiger partial charge in [-0.15, -0.1) is 0 Å². The molecule has 0 bridgehead atoms. The van der Waals surface area contributed by atoms with Crippen LogP contribution in [0.1, 0.15) is 31.2 Å². The van der Waals surface area contributed by atoms with E-state index >= 15 is 0 Å². The number of rotatable bonds is 3. The molecule has 0 atom stereocenters. The molecule has 17 heavy (non-hydrogen) atoms. The fourth-order valence-electron chi connectivity index (χ4n) is 2.51. The Morgan fingerprint density at radius 1 is 1.41 bits per heavy atom. The smallest absolute Gasteiger partial charge is 0.123 e. The maximum absolute atomic E-state index is 13.0. The van der Waals surface area contributed by atoms with Crippen LogP contribution in [0.25, 0.3) is 0 Å². The Hall–Kier alpha value is -1.38. The first-order chi connectivity index (χ1) is 8.16. The van der Waals surface area contributed by atoms with E-state index in [4.69, 9.17) is 5.41 Å². The fraction of sp³-hybridized carbons (Fsp3) is 0.500. The first kappa shape index (κ1) is 12.1. The molecular weight excluding hydrogens is 215 g/mol. The number of halogens is 1. The van der Waals surface area contributed by atoms with Gasteiger partial charge in [-0.1, -0.05) is 25.0 Å². The van der Waals surface area contributed by atoms with Crippen molar-refractivity contribution in [2.45, 2.75) is 32.2 Å². The van der Waals surface area contributed by atoms with Crippen molar-refractivity contribution in [3.8, 4) is 0 Å². The Bertz CT molecular complexity index is 397. The summed E-state index contributed by atoms with van der Waals surface area (Å²) in [5.74, 6) is 0.906. The summed E-state index contributed by atoms with van der Waals surface area (Å²) in [5.41, 5.74) is 0.926. The van der Waals surface area contributed by atoms with Gasteiger partial charge in [0.1, 0.15) is 5.82 Å². The molecule has 0 amide bonds. The van der Waals surface area contributed by atoms with E-state index in [-0.39, 0.29) is 5.82 Å². The van der Waals surface area contributed by atoms with Gasteiger partial charge >= 0.3 is 0 Å². The van der Waals surface area contributed by atoms with Crippen LogP contribution in [-0.2, 0) is 6.54 Å². The number of hydrogen-bond acceptors (Lipinski definition) is 1. The highest BCUT2D eigenvalue weighted by Gasteiger charge is 2.22. The van der Waals surface area contributed by atoms with E-state index in [9.17, 15) is 4.39 Å². The molecule has 1 fully saturated rings. The second-order valence-corrected chi connectivity index (χ2v) is 4.85. The Labute approximate surface area is 102 Å². The molecule has 0 aliphatic heterocycles. The third-order valence-electron chi connectivity index (χ3n) is 3.46. The van der Waals surface area contributed by atoms with E-state index in [0.29, 0.717) is 18.3 Å². The van der Waals surface area contributed by atoms with Crippen LogP contribution in [0.15, 0.2) is 24.3 Å². The van der Waals surface area contributed by atoms with Gasteiger partial charge in [0, 0.05) is 19.5 Å². The van der Waals surface area contributed by atoms with E-state index < -0.39 is 0 Å². The predicted molar refractivity (Wildman–Crippen MR) is 67.6 cm³/mol. The predicted octanol–water partition coefficient (Wildman–Crippen LogP) is 3.42. The number of amidine groups is 1. The lowest BCUT2D eigenvalue weighted by atomic mass is 10.1. The van der Waals surface area contributed by atoms with E-state index in [0.717, 1.165) is 18.4 Å². The molecule has 2 nitrogen and oxygen atoms in total. The zero-order valence-electron chi connectivity index (χ0n) is 10.2. The highest BCUT2D eigenvalue weighted by Crippen LogP contribution is 2.26. The zero-order chi connectivity index (χ0) is 12.3. The SMILES string of the molecule is CN(Cc1cccc(F)c1)C(=N)C1CCCC1. The average Bonchev–Trinajstić information content (AvgIpc) is 2.81. The zero-order valence-corrected chi connectivity index (χ0v) is 10.2. The van der Waals surface area contributed by atoms with Crippen LogP contribution in [0, 0.1) is 17.1 Å². The second kappa shape index (κ2) is 5.30. The third-order valence-corrected chi connectivity index (χ3v) is 3.46. The van der Waals surface area contributed by atoms with Crippen molar-refractivity contribution in [3.05, 3.63) is 35.6 Å². The molecule has 0 radical (unpaired) electrons. The van der Waals surface area contributed by atoms with Crippen molar-refractivity contribution in [1.82, 2.24) is 4.90 Å². The third kappa shape index (κ3) is 3.05. The Kier molecular flexibility index (Phi) is 3.77. The molecule has 0 aromatic heterocycles. The van der Waals surface area contributed by atoms with Gasteiger partial charge in [-0.25, -0.2) is 4.39 Å². The Balaban J connectivity index is 1.96. The Morgan fingerprint density at radius 3 is 2.76 bits per heavy atom. The summed E-state index contributed by atoms with van der Waals surface area (Å²) in [4.78, 5) is 1.94. The van der Waals surface area contributed by atoms with Crippen molar-refractivity contribution < 1.29 is 4.39 Å². The minimum atomic E-state index is -0.205. The second-order valence-electron chi connectivity index (χ2n) is 4.85. The minimum absolute atomic E-state index is 0.205. The first-order valence-electron chi connectivity index (χ1n) is 6.21. The quantitative estimate of drug-likeness (QED) is 0.629. The molecule has 0 unspecified atom stereocenters. The van der Waals surface area contributed by atoms with Crippen LogP contribution < -0.4 is 0 Å². The average molecular weight is 234 g/mol. The summed E-state index contributed by atoms with van der Waals surface area (Å²) < 4.78 is 13.0. The number of nitrogens with zero attached hydrogens (tertiary/aromatic N) is 1. The lowest BCUT2D eigenvalue weighted by molar-refractivity contribution is 0.454. The van der Waals surface area contributed by atoms with Gasteiger partial charge in [0.2, 0.25) is 0 Å². The van der Waals surface area contributed by atoms with Gasteiger partial charge < -0.3 is 4.90 Å². The number of nitrogens with one attached hydrogen (secondary N) is 1. The van der Waals surface area contributed by atoms with Crippen molar-refractivity contribution in [2.75, 3.05) is 7.05 Å². The van der Waals surface area contributed by atoms with Crippen LogP contribution in [0.4, 0.5) is 4.39 Å². The molecule has 0 spiro atoms. The fourth-order valence-corrected chi connectivity index (χ4v) is 2.51. The van der Waals surface area contributed by atoms with Crippen LogP contribution in [0.2, 0.25) is 0 Å². The monoisotopic (exact) mass is 234 g/mol. The maximum atomic E-state index is 13.0. The largest absolute Gasteiger partial charge is 0.359 e. The molecule has 0 saturated heterocycles. The molecule has 2 rings (SSSR count). The van der Waals surface area contributed by atoms with Gasteiger partial charge in [0.25, 0.3) is 0 Å². The van der Waals surface area contributed by atoms with Gasteiger partial charge in [0.15, 0.2) is 0 Å². The van der Waals surface area contributed by atoms with Gasteiger partial charge in [-0.05, 0) is 30.5 Å². The van der Waals surface area contributed by atoms with Crippen molar-refractivity contribution in [1.29, 1.82) is 5.41 Å². The van der Waals surface area contributed by atoms with E-state index in [1.165, 1.54) is 18.9 Å². The summed E-state index contributed by atoms with van der Waals surface area (Å²) in [6, 6.07) is 6.61. The molecular formula is C14H19FN2. The molecule has 92 valence electrons. The van der Waals surface area contributed by atoms with E-state index in [1.54, 1.807) is 12.1 Å². The van der Waals surface area contributed by atoms with E-state index in [2.05, 4.69) is 0 Å². The maximum Gasteiger partial charge on any atom is 0.123 e. The van der Waals surface area contributed by atoms with Crippen LogP contribution in [0.3, 0.4) is 0 Å². The first-order valence-corrected chi connectivity index (χ1v) is 6.21. The molecule has 0 heterocycles. The molecule has 1 saturated carbocycles. The van der Waals surface area contributed by atoms with Crippen LogP contribution >= 0.6 is 0 Å². The summed E-state index contributed by atoms with van der Waals surface area (Å²) in [6.45, 7) is 0.618. The summed E-state index contributed by atoms with van der Waals surface area (Å²) >= 11 is 0. The lowest BCUT2D eigenvalue weighted by Gasteiger charge is -2.24. The number of hydrogen-bond donors (Lipinski definition) is 1. The van der Waals surface area contributed by atoms with Crippen molar-refractivity contribution in [3.63, 3.8) is 0 Å². The molecule has 1 N–H and O–H groups in total. The summed E-state index contributed by atoms with van der Waals surface area (Å²) in [7, 11) is 1.92. The normalized spacial score (nSPS) is 16.1. The van der Waals surface area contributed by atoms with Gasteiger partial charge in [-0.3, -0.25) is 5.41 Å². The number of benzene rings is 1. The topological polar surface area (TPSA) is 27.1 Å². The molecule has 1 aliphatic carbocycles. The van der Waals surface area contributed by atoms with Crippen LogP contribution in [0.5, 0.6) is 0 Å². The van der Waals surface area contributed by atoms with Gasteiger partial charge in [-0.2, -0.15) is 0 Å². The van der Waals surface area contributed by atoms with Crippen molar-refractivity contribution in [2.24, 2.45) is 5.92 Å². The Morgan fingerprint density at radius 2 is 2.12 bits per heavy atom. The summed E-state index contributed by atoms with van der Waals surface area (Å²) in [6.07, 6.45) is 4.74. The molecule has 1 aromatic rings. The lowest BCUT2D eigenvalue weighted by Crippen LogP contribution is -2.30. The minimum Gasteiger partial charge on any atom is -0.359 e. The molecule has 3 heteroatoms. The standard InChI is InChI=1S/C14H19FN2/c1-17(14(16)12-6-2-3-7-12)10-11-5-4-8-13(15)9-11/h4-5,8-9,12,16H,2-3,6-7,10H2,1H3. The van der Waals surface area contributed by atoms with E-state index in [1.807, 2.05) is 18.0 Å². The van der Waals surface area contributed by atoms with Gasteiger partial charge in [0.05, 0.1) is 5.84 Å². The van der Waals surface area contributed by atoms with Crippen LogP contribution in [-0.4, -0.2) is 17.8 Å². The highest BCUT2D eigenvalue weighted by molar-refractivity contribution is 5.81. The highest BCUT2D eigenvalue weighted by atomic mass is 19.1. The summed E-state index contributed by atoms with van der Waals surface area (Å²) in [5, 5.41) is 8.13. The molecule has 1 aliphatic rings. The molecule has 1 aromatic carbocycles.